The van der Waals surface area contributed by atoms with Gasteiger partial charge < -0.3 is 10.3 Å². The fourth-order valence-electron chi connectivity index (χ4n) is 1.28. The van der Waals surface area contributed by atoms with Gasteiger partial charge in [0.05, 0.1) is 6.04 Å². The third kappa shape index (κ3) is 4.34. The average Bonchev–Trinajstić information content (AvgIpc) is 2.70. The number of rotatable bonds is 6. The summed E-state index contributed by atoms with van der Waals surface area (Å²) >= 11 is 5.53. The molecule has 0 saturated heterocycles. The number of hydrogen-bond donors (Lipinski definition) is 2. The number of aromatic nitrogens is 2. The minimum atomic E-state index is -0.0662. The Labute approximate surface area is 94.4 Å². The van der Waals surface area contributed by atoms with E-state index >= 15 is 0 Å². The molecule has 0 spiro atoms. The molecule has 0 bridgehead atoms. The lowest BCUT2D eigenvalue weighted by Crippen LogP contribution is -2.27. The van der Waals surface area contributed by atoms with Gasteiger partial charge >= 0.3 is 0 Å². The van der Waals surface area contributed by atoms with Gasteiger partial charge in [-0.1, -0.05) is 0 Å². The zero-order valence-electron chi connectivity index (χ0n) is 8.79. The maximum atomic E-state index is 11.4. The number of carbonyl (C=O) groups is 1. The molecule has 0 aromatic carbocycles. The predicted molar refractivity (Wildman–Crippen MR) is 59.7 cm³/mol. The van der Waals surface area contributed by atoms with Gasteiger partial charge in [0, 0.05) is 24.7 Å². The number of hydrogen-bond acceptors (Lipinski definition) is 2. The normalized spacial score (nSPS) is 12.4. The summed E-state index contributed by atoms with van der Waals surface area (Å²) in [6.45, 7) is 1.90. The van der Waals surface area contributed by atoms with Gasteiger partial charge in [-0.2, -0.15) is 0 Å². The van der Waals surface area contributed by atoms with E-state index in [2.05, 4.69) is 15.3 Å². The summed E-state index contributed by atoms with van der Waals surface area (Å²) in [4.78, 5) is 18.5. The van der Waals surface area contributed by atoms with Crippen molar-refractivity contribution in [3.05, 3.63) is 18.2 Å². The first kappa shape index (κ1) is 12.0. The molecule has 5 heteroatoms. The van der Waals surface area contributed by atoms with Gasteiger partial charge in [-0.3, -0.25) is 4.79 Å². The van der Waals surface area contributed by atoms with E-state index in [9.17, 15) is 4.79 Å². The molecule has 1 aromatic rings. The van der Waals surface area contributed by atoms with E-state index in [1.807, 2.05) is 6.92 Å². The Balaban J connectivity index is 2.26. The zero-order chi connectivity index (χ0) is 11.1. The molecule has 15 heavy (non-hydrogen) atoms. The second-order valence-corrected chi connectivity index (χ2v) is 3.79. The van der Waals surface area contributed by atoms with E-state index in [0.29, 0.717) is 12.3 Å². The van der Waals surface area contributed by atoms with Crippen LogP contribution in [0.4, 0.5) is 0 Å². The van der Waals surface area contributed by atoms with Gasteiger partial charge in [-0.15, -0.1) is 11.6 Å². The van der Waals surface area contributed by atoms with Crippen LogP contribution in [0.1, 0.15) is 38.1 Å². The quantitative estimate of drug-likeness (QED) is 0.579. The van der Waals surface area contributed by atoms with Crippen molar-refractivity contribution < 1.29 is 4.79 Å². The highest BCUT2D eigenvalue weighted by atomic mass is 35.5. The van der Waals surface area contributed by atoms with Crippen LogP contribution in [0.15, 0.2) is 12.4 Å². The first-order valence-electron chi connectivity index (χ1n) is 5.08. The molecule has 2 N–H and O–H groups in total. The molecule has 1 atom stereocenters. The van der Waals surface area contributed by atoms with Gasteiger partial charge in [0.2, 0.25) is 5.91 Å². The molecule has 1 rings (SSSR count). The number of amides is 1. The third-order valence-corrected chi connectivity index (χ3v) is 2.36. The summed E-state index contributed by atoms with van der Waals surface area (Å²) in [5, 5.41) is 2.87. The lowest BCUT2D eigenvalue weighted by Gasteiger charge is -2.10. The van der Waals surface area contributed by atoms with Gasteiger partial charge in [-0.05, 0) is 19.8 Å². The van der Waals surface area contributed by atoms with Crippen LogP contribution in [-0.2, 0) is 4.79 Å². The number of nitrogens with zero attached hydrogens (tertiary/aromatic N) is 1. The molecular formula is C10H16ClN3O. The van der Waals surface area contributed by atoms with Crippen LogP contribution in [0.5, 0.6) is 0 Å². The first-order valence-corrected chi connectivity index (χ1v) is 5.62. The van der Waals surface area contributed by atoms with Crippen LogP contribution in [0.25, 0.3) is 0 Å². The van der Waals surface area contributed by atoms with Gasteiger partial charge in [-0.25, -0.2) is 4.98 Å². The van der Waals surface area contributed by atoms with Crippen LogP contribution >= 0.6 is 11.6 Å². The highest BCUT2D eigenvalue weighted by Crippen LogP contribution is 2.06. The van der Waals surface area contributed by atoms with Crippen LogP contribution in [0, 0.1) is 0 Å². The van der Waals surface area contributed by atoms with E-state index in [-0.39, 0.29) is 11.9 Å². The minimum absolute atomic E-state index is 0.0454. The molecule has 1 aromatic heterocycles. The summed E-state index contributed by atoms with van der Waals surface area (Å²) in [5.41, 5.74) is 0. The molecule has 0 aliphatic heterocycles. The Morgan fingerprint density at radius 3 is 3.07 bits per heavy atom. The van der Waals surface area contributed by atoms with Gasteiger partial charge in [0.1, 0.15) is 5.82 Å². The Bertz CT molecular complexity index is 287. The van der Waals surface area contributed by atoms with Crippen molar-refractivity contribution in [3.8, 4) is 0 Å². The van der Waals surface area contributed by atoms with E-state index in [4.69, 9.17) is 11.6 Å². The van der Waals surface area contributed by atoms with Crippen molar-refractivity contribution in [3.63, 3.8) is 0 Å². The zero-order valence-corrected chi connectivity index (χ0v) is 9.55. The van der Waals surface area contributed by atoms with Crippen molar-refractivity contribution in [2.24, 2.45) is 0 Å². The molecular weight excluding hydrogens is 214 g/mol. The number of halogens is 1. The molecule has 1 unspecified atom stereocenters. The highest BCUT2D eigenvalue weighted by Gasteiger charge is 2.10. The summed E-state index contributed by atoms with van der Waals surface area (Å²) in [7, 11) is 0. The lowest BCUT2D eigenvalue weighted by atomic mass is 10.2. The van der Waals surface area contributed by atoms with Gasteiger partial charge in [0.25, 0.3) is 0 Å². The number of unbranched alkanes of at least 4 members (excludes halogenated alkanes) is 1. The molecule has 0 aliphatic carbocycles. The van der Waals surface area contributed by atoms with Gasteiger partial charge in [0.15, 0.2) is 0 Å². The highest BCUT2D eigenvalue weighted by molar-refractivity contribution is 6.17. The van der Waals surface area contributed by atoms with Crippen molar-refractivity contribution >= 4 is 17.5 Å². The van der Waals surface area contributed by atoms with Crippen molar-refractivity contribution in [2.75, 3.05) is 5.88 Å². The Morgan fingerprint density at radius 2 is 2.47 bits per heavy atom. The molecule has 84 valence electrons. The summed E-state index contributed by atoms with van der Waals surface area (Å²) < 4.78 is 0. The fraction of sp³-hybridized carbons (Fsp3) is 0.600. The Morgan fingerprint density at radius 1 is 1.67 bits per heavy atom. The van der Waals surface area contributed by atoms with Crippen molar-refractivity contribution in [1.29, 1.82) is 0 Å². The number of alkyl halides is 1. The van der Waals surface area contributed by atoms with Crippen LogP contribution < -0.4 is 5.32 Å². The maximum Gasteiger partial charge on any atom is 0.220 e. The lowest BCUT2D eigenvalue weighted by molar-refractivity contribution is -0.121. The number of H-pyrrole nitrogens is 1. The van der Waals surface area contributed by atoms with E-state index < -0.39 is 0 Å². The monoisotopic (exact) mass is 229 g/mol. The Kier molecular flexibility index (Phi) is 5.18. The van der Waals surface area contributed by atoms with Crippen molar-refractivity contribution in [1.82, 2.24) is 15.3 Å². The molecule has 1 heterocycles. The summed E-state index contributed by atoms with van der Waals surface area (Å²) in [6, 6.07) is -0.0662. The number of nitrogens with one attached hydrogen (secondary N) is 2. The van der Waals surface area contributed by atoms with Crippen LogP contribution in [-0.4, -0.2) is 21.8 Å². The van der Waals surface area contributed by atoms with E-state index in [1.54, 1.807) is 12.4 Å². The number of aromatic amines is 1. The average molecular weight is 230 g/mol. The topological polar surface area (TPSA) is 57.8 Å². The van der Waals surface area contributed by atoms with E-state index in [0.717, 1.165) is 18.7 Å². The SMILES string of the molecule is CC(NC(=O)CCCCCl)c1ncc[nH]1. The second-order valence-electron chi connectivity index (χ2n) is 3.41. The molecule has 0 radical (unpaired) electrons. The largest absolute Gasteiger partial charge is 0.347 e. The third-order valence-electron chi connectivity index (χ3n) is 2.09. The second kappa shape index (κ2) is 6.45. The summed E-state index contributed by atoms with van der Waals surface area (Å²) in [6.07, 6.45) is 5.65. The smallest absolute Gasteiger partial charge is 0.220 e. The first-order chi connectivity index (χ1) is 7.24. The Hall–Kier alpha value is -1.03. The molecule has 0 aliphatic rings. The molecule has 0 saturated carbocycles. The molecule has 1 amide bonds. The van der Waals surface area contributed by atoms with Crippen LogP contribution in [0.3, 0.4) is 0 Å². The minimum Gasteiger partial charge on any atom is -0.347 e. The van der Waals surface area contributed by atoms with E-state index in [1.165, 1.54) is 0 Å². The maximum absolute atomic E-state index is 11.4. The van der Waals surface area contributed by atoms with Crippen molar-refractivity contribution in [2.45, 2.75) is 32.2 Å². The summed E-state index contributed by atoms with van der Waals surface area (Å²) in [5.74, 6) is 1.44. The number of carbonyl (C=O) groups excluding carboxylic acids is 1. The standard InChI is InChI=1S/C10H16ClN3O/c1-8(10-12-6-7-13-10)14-9(15)4-2-3-5-11/h6-8H,2-5H2,1H3,(H,12,13)(H,14,15). The van der Waals surface area contributed by atoms with Crippen LogP contribution in [0.2, 0.25) is 0 Å². The fourth-order valence-corrected chi connectivity index (χ4v) is 1.47. The predicted octanol–water partition coefficient (Wildman–Crippen LogP) is 2.00. The molecule has 4 nitrogen and oxygen atoms in total. The molecule has 0 fully saturated rings. The number of imidazole rings is 1.